The maximum atomic E-state index is 12.5. The van der Waals surface area contributed by atoms with Gasteiger partial charge in [-0.05, 0) is 24.5 Å². The zero-order valence-electron chi connectivity index (χ0n) is 13.9. The largest absolute Gasteiger partial charge is 0.378 e. The molecule has 1 aromatic rings. The highest BCUT2D eigenvalue weighted by molar-refractivity contribution is 5.85. The minimum atomic E-state index is 0. The van der Waals surface area contributed by atoms with Gasteiger partial charge in [-0.15, -0.1) is 12.4 Å². The van der Waals surface area contributed by atoms with E-state index < -0.39 is 0 Å². The summed E-state index contributed by atoms with van der Waals surface area (Å²) in [5.41, 5.74) is 1.08. The number of piperazine rings is 1. The van der Waals surface area contributed by atoms with Crippen molar-refractivity contribution in [3.8, 4) is 0 Å². The number of aromatic nitrogens is 1. The molecule has 7 heteroatoms. The predicted molar refractivity (Wildman–Crippen MR) is 93.2 cm³/mol. The van der Waals surface area contributed by atoms with Crippen LogP contribution in [0.2, 0.25) is 0 Å². The van der Waals surface area contributed by atoms with E-state index in [-0.39, 0.29) is 30.5 Å². The van der Waals surface area contributed by atoms with E-state index in [1.165, 1.54) is 0 Å². The topological polar surface area (TPSA) is 63.7 Å². The first-order valence-electron chi connectivity index (χ1n) is 8.44. The van der Waals surface area contributed by atoms with E-state index in [1.54, 1.807) is 6.20 Å². The monoisotopic (exact) mass is 355 g/mol. The van der Waals surface area contributed by atoms with Crippen LogP contribution in [0.3, 0.4) is 0 Å². The maximum absolute atomic E-state index is 12.5. The summed E-state index contributed by atoms with van der Waals surface area (Å²) < 4.78 is 11.1. The van der Waals surface area contributed by atoms with Gasteiger partial charge in [-0.3, -0.25) is 9.78 Å². The molecular formula is C17H26ClN3O3. The Morgan fingerprint density at radius 3 is 3.17 bits per heavy atom. The van der Waals surface area contributed by atoms with Crippen molar-refractivity contribution < 1.29 is 14.3 Å². The molecule has 0 spiro atoms. The second-order valence-corrected chi connectivity index (χ2v) is 6.05. The average molecular weight is 356 g/mol. The number of ether oxygens (including phenoxy) is 2. The van der Waals surface area contributed by atoms with Crippen LogP contribution in [0.4, 0.5) is 0 Å². The molecule has 0 aliphatic carbocycles. The highest BCUT2D eigenvalue weighted by atomic mass is 35.5. The summed E-state index contributed by atoms with van der Waals surface area (Å²) in [5, 5.41) is 3.35. The Morgan fingerprint density at radius 2 is 2.42 bits per heavy atom. The lowest BCUT2D eigenvalue weighted by Crippen LogP contribution is -2.48. The molecule has 24 heavy (non-hydrogen) atoms. The third-order valence-electron chi connectivity index (χ3n) is 4.42. The molecule has 2 aliphatic rings. The molecular weight excluding hydrogens is 330 g/mol. The molecule has 1 aromatic heterocycles. The fourth-order valence-corrected chi connectivity index (χ4v) is 3.17. The van der Waals surface area contributed by atoms with Gasteiger partial charge in [0.05, 0.1) is 31.8 Å². The van der Waals surface area contributed by atoms with Crippen LogP contribution in [0.5, 0.6) is 0 Å². The SMILES string of the molecule is Cl.O=C(CCOCC1CCCO1)N1CCNCC1c1cccnc1. The Hall–Kier alpha value is -1.21. The number of nitrogens with one attached hydrogen (secondary N) is 1. The van der Waals surface area contributed by atoms with Gasteiger partial charge in [0.2, 0.25) is 5.91 Å². The lowest BCUT2D eigenvalue weighted by atomic mass is 10.0. The minimum Gasteiger partial charge on any atom is -0.378 e. The Morgan fingerprint density at radius 1 is 1.50 bits per heavy atom. The molecule has 3 rings (SSSR count). The molecule has 0 saturated carbocycles. The van der Waals surface area contributed by atoms with Crippen LogP contribution >= 0.6 is 12.4 Å². The third-order valence-corrected chi connectivity index (χ3v) is 4.42. The molecule has 2 unspecified atom stereocenters. The molecule has 2 aliphatic heterocycles. The van der Waals surface area contributed by atoms with Crippen LogP contribution in [0.1, 0.15) is 30.9 Å². The fourth-order valence-electron chi connectivity index (χ4n) is 3.17. The van der Waals surface area contributed by atoms with E-state index in [9.17, 15) is 4.79 Å². The van der Waals surface area contributed by atoms with Gasteiger partial charge >= 0.3 is 0 Å². The van der Waals surface area contributed by atoms with E-state index in [1.807, 2.05) is 23.2 Å². The number of nitrogens with zero attached hydrogens (tertiary/aromatic N) is 2. The normalized spacial score (nSPS) is 23.8. The summed E-state index contributed by atoms with van der Waals surface area (Å²) >= 11 is 0. The first-order chi connectivity index (χ1) is 11.3. The molecule has 2 saturated heterocycles. The van der Waals surface area contributed by atoms with Crippen LogP contribution in [-0.4, -0.2) is 61.3 Å². The van der Waals surface area contributed by atoms with Crippen molar-refractivity contribution in [2.24, 2.45) is 0 Å². The number of halogens is 1. The van der Waals surface area contributed by atoms with E-state index in [0.29, 0.717) is 19.6 Å². The minimum absolute atomic E-state index is 0. The lowest BCUT2D eigenvalue weighted by Gasteiger charge is -2.36. The number of hydrogen-bond acceptors (Lipinski definition) is 5. The average Bonchev–Trinajstić information content (AvgIpc) is 3.13. The molecule has 3 heterocycles. The van der Waals surface area contributed by atoms with Gasteiger partial charge in [0.15, 0.2) is 0 Å². The summed E-state index contributed by atoms with van der Waals surface area (Å²) in [6.45, 7) is 4.22. The van der Waals surface area contributed by atoms with Crippen molar-refractivity contribution in [1.29, 1.82) is 0 Å². The first-order valence-corrected chi connectivity index (χ1v) is 8.44. The van der Waals surface area contributed by atoms with Crippen molar-refractivity contribution in [2.45, 2.75) is 31.4 Å². The molecule has 0 bridgehead atoms. The van der Waals surface area contributed by atoms with Gasteiger partial charge in [-0.25, -0.2) is 0 Å². The van der Waals surface area contributed by atoms with Gasteiger partial charge in [0.1, 0.15) is 0 Å². The van der Waals surface area contributed by atoms with Crippen LogP contribution in [-0.2, 0) is 14.3 Å². The third kappa shape index (κ3) is 5.14. The van der Waals surface area contributed by atoms with E-state index in [2.05, 4.69) is 10.3 Å². The maximum Gasteiger partial charge on any atom is 0.225 e. The van der Waals surface area contributed by atoms with Crippen molar-refractivity contribution in [3.05, 3.63) is 30.1 Å². The van der Waals surface area contributed by atoms with E-state index in [0.717, 1.165) is 44.6 Å². The van der Waals surface area contributed by atoms with Crippen LogP contribution < -0.4 is 5.32 Å². The fraction of sp³-hybridized carbons (Fsp3) is 0.647. The Balaban J connectivity index is 0.00000208. The summed E-state index contributed by atoms with van der Waals surface area (Å²) in [6.07, 6.45) is 6.41. The van der Waals surface area contributed by atoms with E-state index in [4.69, 9.17) is 9.47 Å². The van der Waals surface area contributed by atoms with Gasteiger partial charge in [0, 0.05) is 38.6 Å². The van der Waals surface area contributed by atoms with Gasteiger partial charge in [-0.1, -0.05) is 6.07 Å². The van der Waals surface area contributed by atoms with E-state index >= 15 is 0 Å². The van der Waals surface area contributed by atoms with Crippen molar-refractivity contribution >= 4 is 18.3 Å². The number of hydrogen-bond donors (Lipinski definition) is 1. The Labute approximate surface area is 149 Å². The summed E-state index contributed by atoms with van der Waals surface area (Å²) in [5.74, 6) is 0.146. The predicted octanol–water partition coefficient (Wildman–Crippen LogP) is 1.56. The quantitative estimate of drug-likeness (QED) is 0.785. The number of carbonyl (C=O) groups is 1. The summed E-state index contributed by atoms with van der Waals surface area (Å²) in [4.78, 5) is 18.7. The molecule has 6 nitrogen and oxygen atoms in total. The molecule has 2 fully saturated rings. The number of pyridine rings is 1. The molecule has 1 N–H and O–H groups in total. The van der Waals surface area contributed by atoms with Gasteiger partial charge in [-0.2, -0.15) is 0 Å². The van der Waals surface area contributed by atoms with Crippen LogP contribution in [0.15, 0.2) is 24.5 Å². The second-order valence-electron chi connectivity index (χ2n) is 6.05. The zero-order valence-corrected chi connectivity index (χ0v) is 14.7. The Bertz CT molecular complexity index is 497. The van der Waals surface area contributed by atoms with Crippen molar-refractivity contribution in [3.63, 3.8) is 0 Å². The van der Waals surface area contributed by atoms with Crippen LogP contribution in [0.25, 0.3) is 0 Å². The smallest absolute Gasteiger partial charge is 0.225 e. The molecule has 134 valence electrons. The van der Waals surface area contributed by atoms with Crippen molar-refractivity contribution in [1.82, 2.24) is 15.2 Å². The molecule has 1 amide bonds. The molecule has 0 radical (unpaired) electrons. The highest BCUT2D eigenvalue weighted by Crippen LogP contribution is 2.22. The molecule has 2 atom stereocenters. The summed E-state index contributed by atoms with van der Waals surface area (Å²) in [6, 6.07) is 4.00. The Kier molecular flexibility index (Phi) is 7.91. The zero-order chi connectivity index (χ0) is 15.9. The number of amides is 1. The standard InChI is InChI=1S/C17H25N3O3.ClH/c21-17(5-10-22-13-15-4-2-9-23-15)20-8-7-19-12-16(20)14-3-1-6-18-11-14;/h1,3,6,11,15-16,19H,2,4-5,7-10,12-13H2;1H. The highest BCUT2D eigenvalue weighted by Gasteiger charge is 2.27. The molecule has 0 aromatic carbocycles. The second kappa shape index (κ2) is 9.93. The number of carbonyl (C=O) groups excluding carboxylic acids is 1. The van der Waals surface area contributed by atoms with Crippen LogP contribution in [0, 0.1) is 0 Å². The first kappa shape index (κ1) is 19.1. The van der Waals surface area contributed by atoms with Crippen molar-refractivity contribution in [2.75, 3.05) is 39.5 Å². The summed E-state index contributed by atoms with van der Waals surface area (Å²) in [7, 11) is 0. The number of rotatable bonds is 6. The van der Waals surface area contributed by atoms with Gasteiger partial charge in [0.25, 0.3) is 0 Å². The van der Waals surface area contributed by atoms with Gasteiger partial charge < -0.3 is 19.7 Å². The lowest BCUT2D eigenvalue weighted by molar-refractivity contribution is -0.136.